The van der Waals surface area contributed by atoms with Crippen molar-refractivity contribution in [3.63, 3.8) is 0 Å². The second-order valence-corrected chi connectivity index (χ2v) is 10.2. The van der Waals surface area contributed by atoms with Gasteiger partial charge in [0, 0.05) is 35.0 Å². The van der Waals surface area contributed by atoms with E-state index in [0.29, 0.717) is 48.0 Å². The molecule has 0 fully saturated rings. The van der Waals surface area contributed by atoms with Crippen LogP contribution in [0, 0.1) is 5.82 Å². The summed E-state index contributed by atoms with van der Waals surface area (Å²) in [4.78, 5) is 19.6. The first-order valence-corrected chi connectivity index (χ1v) is 13.2. The van der Waals surface area contributed by atoms with E-state index in [4.69, 9.17) is 9.47 Å². The third-order valence-corrected chi connectivity index (χ3v) is 7.52. The van der Waals surface area contributed by atoms with Gasteiger partial charge in [-0.3, -0.25) is 9.69 Å². The maximum Gasteiger partial charge on any atom is 0.252 e. The number of benzene rings is 2. The zero-order valence-electron chi connectivity index (χ0n) is 20.6. The van der Waals surface area contributed by atoms with Gasteiger partial charge >= 0.3 is 0 Å². The number of hydrogen-bond acceptors (Lipinski definition) is 8. The Morgan fingerprint density at radius 2 is 1.95 bits per heavy atom. The minimum absolute atomic E-state index is 0.159. The fraction of sp³-hybridized carbons (Fsp3) is 0.259. The van der Waals surface area contributed by atoms with E-state index >= 15 is 0 Å². The molecule has 2 aromatic carbocycles. The van der Waals surface area contributed by atoms with Crippen LogP contribution in [0.4, 0.5) is 4.39 Å². The number of H-pyrrole nitrogens is 1. The number of halogens is 1. The Kier molecular flexibility index (Phi) is 6.61. The average molecular weight is 533 g/mol. The van der Waals surface area contributed by atoms with Crippen LogP contribution in [0.5, 0.6) is 11.5 Å². The molecule has 11 heteroatoms. The van der Waals surface area contributed by atoms with Crippen LogP contribution < -0.4 is 15.0 Å². The lowest BCUT2D eigenvalue weighted by Gasteiger charge is -2.30. The van der Waals surface area contributed by atoms with Crippen molar-refractivity contribution in [1.82, 2.24) is 30.1 Å². The van der Waals surface area contributed by atoms with Gasteiger partial charge in [0.15, 0.2) is 17.3 Å². The van der Waals surface area contributed by atoms with Crippen LogP contribution in [-0.2, 0) is 19.6 Å². The normalized spacial score (nSPS) is 13.4. The number of fused-ring (bicyclic) bond motifs is 2. The van der Waals surface area contributed by atoms with Crippen molar-refractivity contribution in [2.24, 2.45) is 0 Å². The standard InChI is InChI=1S/C27H25FN6O3S/c1-2-23(26-30-31-32-34(26)13-17-5-7-20(28)8-6-17)33(15-21-4-3-9-38-21)14-19-10-18-11-24-25(37-16-36-24)12-22(18)29-27(19)35/h3-12,23H,2,13-16H2,1H3,(H,29,35). The number of nitrogens with zero attached hydrogens (tertiary/aromatic N) is 5. The largest absolute Gasteiger partial charge is 0.454 e. The Hall–Kier alpha value is -4.09. The number of aromatic amines is 1. The van der Waals surface area contributed by atoms with Gasteiger partial charge in [0.2, 0.25) is 6.79 Å². The maximum absolute atomic E-state index is 13.4. The summed E-state index contributed by atoms with van der Waals surface area (Å²) in [6.45, 7) is 3.67. The van der Waals surface area contributed by atoms with Gasteiger partial charge in [-0.15, -0.1) is 16.4 Å². The van der Waals surface area contributed by atoms with Crippen LogP contribution in [0.1, 0.15) is 41.2 Å². The van der Waals surface area contributed by atoms with E-state index in [-0.39, 0.29) is 24.2 Å². The first-order chi connectivity index (χ1) is 18.6. The van der Waals surface area contributed by atoms with Crippen molar-refractivity contribution in [1.29, 1.82) is 0 Å². The number of rotatable bonds is 9. The molecule has 0 amide bonds. The van der Waals surface area contributed by atoms with E-state index in [9.17, 15) is 9.18 Å². The molecular formula is C27H25FN6O3S. The number of aromatic nitrogens is 5. The predicted octanol–water partition coefficient (Wildman–Crippen LogP) is 4.65. The molecule has 6 rings (SSSR count). The highest BCUT2D eigenvalue weighted by molar-refractivity contribution is 7.09. The number of pyridine rings is 1. The molecule has 1 aliphatic rings. The minimum atomic E-state index is -0.288. The Morgan fingerprint density at radius 1 is 1.13 bits per heavy atom. The van der Waals surface area contributed by atoms with Gasteiger partial charge in [0.05, 0.1) is 18.1 Å². The molecule has 1 aliphatic heterocycles. The molecule has 1 N–H and O–H groups in total. The van der Waals surface area contributed by atoms with Gasteiger partial charge in [0.1, 0.15) is 5.82 Å². The molecule has 0 saturated heterocycles. The van der Waals surface area contributed by atoms with Gasteiger partial charge in [-0.05, 0) is 58.1 Å². The fourth-order valence-electron chi connectivity index (χ4n) is 4.79. The van der Waals surface area contributed by atoms with Gasteiger partial charge in [-0.2, -0.15) is 0 Å². The number of hydrogen-bond donors (Lipinski definition) is 1. The first-order valence-electron chi connectivity index (χ1n) is 12.3. The lowest BCUT2D eigenvalue weighted by atomic mass is 10.1. The van der Waals surface area contributed by atoms with E-state index in [1.165, 1.54) is 17.0 Å². The van der Waals surface area contributed by atoms with Crippen molar-refractivity contribution in [2.45, 2.75) is 39.0 Å². The molecule has 38 heavy (non-hydrogen) atoms. The summed E-state index contributed by atoms with van der Waals surface area (Å²) in [5.74, 6) is 1.69. The first kappa shape index (κ1) is 24.3. The molecule has 5 aromatic rings. The third-order valence-electron chi connectivity index (χ3n) is 6.66. The summed E-state index contributed by atoms with van der Waals surface area (Å²) >= 11 is 1.66. The molecule has 1 atom stereocenters. The summed E-state index contributed by atoms with van der Waals surface area (Å²) in [6.07, 6.45) is 0.722. The van der Waals surface area contributed by atoms with Gasteiger partial charge < -0.3 is 14.5 Å². The Bertz CT molecular complexity index is 1620. The molecule has 0 bridgehead atoms. The van der Waals surface area contributed by atoms with E-state index in [2.05, 4.69) is 38.4 Å². The Labute approximate surface area is 221 Å². The number of nitrogens with one attached hydrogen (secondary N) is 1. The van der Waals surface area contributed by atoms with E-state index in [1.54, 1.807) is 34.2 Å². The summed E-state index contributed by atoms with van der Waals surface area (Å²) in [5, 5.41) is 15.5. The topological polar surface area (TPSA) is 98.2 Å². The van der Waals surface area contributed by atoms with Crippen molar-refractivity contribution < 1.29 is 13.9 Å². The smallest absolute Gasteiger partial charge is 0.252 e. The highest BCUT2D eigenvalue weighted by Gasteiger charge is 2.27. The van der Waals surface area contributed by atoms with Crippen LogP contribution in [0.2, 0.25) is 0 Å². The Balaban J connectivity index is 1.35. The van der Waals surface area contributed by atoms with Crippen LogP contribution in [0.25, 0.3) is 10.9 Å². The number of thiophene rings is 1. The van der Waals surface area contributed by atoms with E-state index in [1.807, 2.05) is 23.6 Å². The number of tetrazole rings is 1. The summed E-state index contributed by atoms with van der Waals surface area (Å²) < 4.78 is 26.2. The molecule has 194 valence electrons. The lowest BCUT2D eigenvalue weighted by Crippen LogP contribution is -2.32. The van der Waals surface area contributed by atoms with E-state index in [0.717, 1.165) is 17.4 Å². The van der Waals surface area contributed by atoms with Crippen molar-refractivity contribution in [2.75, 3.05) is 6.79 Å². The molecule has 3 aromatic heterocycles. The van der Waals surface area contributed by atoms with Crippen molar-refractivity contribution >= 4 is 22.2 Å². The lowest BCUT2D eigenvalue weighted by molar-refractivity contribution is 0.163. The molecular weight excluding hydrogens is 507 g/mol. The van der Waals surface area contributed by atoms with Crippen LogP contribution in [0.15, 0.2) is 64.8 Å². The second-order valence-electron chi connectivity index (χ2n) is 9.15. The zero-order chi connectivity index (χ0) is 26.1. The monoisotopic (exact) mass is 532 g/mol. The average Bonchev–Trinajstić information content (AvgIpc) is 3.68. The van der Waals surface area contributed by atoms with Crippen LogP contribution in [-0.4, -0.2) is 36.9 Å². The maximum atomic E-state index is 13.4. The van der Waals surface area contributed by atoms with E-state index < -0.39 is 0 Å². The Morgan fingerprint density at radius 3 is 2.71 bits per heavy atom. The minimum Gasteiger partial charge on any atom is -0.454 e. The molecule has 0 radical (unpaired) electrons. The van der Waals surface area contributed by atoms with Crippen molar-refractivity contribution in [3.05, 3.63) is 98.0 Å². The summed E-state index contributed by atoms with van der Waals surface area (Å²) in [7, 11) is 0. The second kappa shape index (κ2) is 10.3. The summed E-state index contributed by atoms with van der Waals surface area (Å²) in [6, 6.07) is 15.8. The van der Waals surface area contributed by atoms with Gasteiger partial charge in [0.25, 0.3) is 5.56 Å². The van der Waals surface area contributed by atoms with Crippen LogP contribution in [0.3, 0.4) is 0 Å². The quantitative estimate of drug-likeness (QED) is 0.295. The number of ether oxygens (including phenoxy) is 2. The highest BCUT2D eigenvalue weighted by Crippen LogP contribution is 2.35. The molecule has 1 unspecified atom stereocenters. The van der Waals surface area contributed by atoms with Gasteiger partial charge in [-0.1, -0.05) is 25.1 Å². The molecule has 9 nitrogen and oxygen atoms in total. The molecule has 0 saturated carbocycles. The zero-order valence-corrected chi connectivity index (χ0v) is 21.4. The van der Waals surface area contributed by atoms with Gasteiger partial charge in [-0.25, -0.2) is 9.07 Å². The van der Waals surface area contributed by atoms with Crippen LogP contribution >= 0.6 is 11.3 Å². The highest BCUT2D eigenvalue weighted by atomic mass is 32.1. The third kappa shape index (κ3) is 4.90. The fourth-order valence-corrected chi connectivity index (χ4v) is 5.52. The molecule has 0 spiro atoms. The van der Waals surface area contributed by atoms with Crippen molar-refractivity contribution in [3.8, 4) is 11.5 Å². The molecule has 0 aliphatic carbocycles. The SMILES string of the molecule is CCC(c1nnnn1Cc1ccc(F)cc1)N(Cc1cccs1)Cc1cc2cc3c(cc2[nH]c1=O)OCO3. The summed E-state index contributed by atoms with van der Waals surface area (Å²) in [5.41, 5.74) is 2.06. The molecule has 4 heterocycles. The predicted molar refractivity (Wildman–Crippen MR) is 141 cm³/mol.